The van der Waals surface area contributed by atoms with Crippen LogP contribution in [0.1, 0.15) is 18.4 Å². The van der Waals surface area contributed by atoms with Gasteiger partial charge < -0.3 is 9.47 Å². The fraction of sp³-hybridized carbons (Fsp3) is 0.333. The smallest absolute Gasteiger partial charge is 0.243 e. The van der Waals surface area contributed by atoms with Crippen molar-refractivity contribution in [2.75, 3.05) is 13.2 Å². The minimum atomic E-state index is -3.76. The first-order valence-electron chi connectivity index (χ1n) is 8.20. The third-order valence-electron chi connectivity index (χ3n) is 4.36. The molecule has 4 rings (SSSR count). The Balaban J connectivity index is 1.68. The molecule has 1 aliphatic carbocycles. The Hall–Kier alpha value is -2.12. The Morgan fingerprint density at radius 1 is 1.04 bits per heavy atom. The SMILES string of the molecule is O=S(=O)(c1ccc2c(c1)OCCO2)N(Cc1ccccc1F)C1CC1. The van der Waals surface area contributed by atoms with Crippen molar-refractivity contribution in [2.24, 2.45) is 0 Å². The first-order chi connectivity index (χ1) is 12.1. The zero-order valence-corrected chi connectivity index (χ0v) is 14.3. The number of hydrogen-bond acceptors (Lipinski definition) is 4. The van der Waals surface area contributed by atoms with Crippen molar-refractivity contribution in [3.63, 3.8) is 0 Å². The highest BCUT2D eigenvalue weighted by molar-refractivity contribution is 7.89. The van der Waals surface area contributed by atoms with Crippen LogP contribution in [0.2, 0.25) is 0 Å². The molecule has 0 bridgehead atoms. The van der Waals surface area contributed by atoms with Crippen LogP contribution in [0.5, 0.6) is 11.5 Å². The first-order valence-corrected chi connectivity index (χ1v) is 9.64. The lowest BCUT2D eigenvalue weighted by Crippen LogP contribution is -2.33. The van der Waals surface area contributed by atoms with Gasteiger partial charge >= 0.3 is 0 Å². The second-order valence-corrected chi connectivity index (χ2v) is 8.07. The molecular weight excluding hydrogens is 345 g/mol. The Morgan fingerprint density at radius 2 is 1.76 bits per heavy atom. The molecule has 1 heterocycles. The number of rotatable bonds is 5. The highest BCUT2D eigenvalue weighted by atomic mass is 32.2. The molecular formula is C18H18FNO4S. The Bertz CT molecular complexity index is 896. The van der Waals surface area contributed by atoms with E-state index in [2.05, 4.69) is 0 Å². The van der Waals surface area contributed by atoms with Crippen molar-refractivity contribution in [2.45, 2.75) is 30.3 Å². The molecule has 2 aromatic rings. The molecule has 0 radical (unpaired) electrons. The largest absolute Gasteiger partial charge is 0.486 e. The molecule has 0 saturated heterocycles. The van der Waals surface area contributed by atoms with E-state index in [9.17, 15) is 12.8 Å². The first kappa shape index (κ1) is 16.4. The van der Waals surface area contributed by atoms with Gasteiger partial charge in [0.05, 0.1) is 4.90 Å². The van der Waals surface area contributed by atoms with Crippen LogP contribution >= 0.6 is 0 Å². The van der Waals surface area contributed by atoms with Crippen LogP contribution in [0.15, 0.2) is 47.4 Å². The molecule has 0 N–H and O–H groups in total. The van der Waals surface area contributed by atoms with E-state index in [0.29, 0.717) is 30.3 Å². The number of halogens is 1. The molecule has 132 valence electrons. The molecule has 1 fully saturated rings. The fourth-order valence-electron chi connectivity index (χ4n) is 2.89. The summed E-state index contributed by atoms with van der Waals surface area (Å²) in [5.41, 5.74) is 0.371. The lowest BCUT2D eigenvalue weighted by atomic mass is 10.2. The summed E-state index contributed by atoms with van der Waals surface area (Å²) in [7, 11) is -3.76. The maximum absolute atomic E-state index is 14.0. The normalized spacial score (nSPS) is 16.9. The van der Waals surface area contributed by atoms with Crippen LogP contribution in [0, 0.1) is 5.82 Å². The highest BCUT2D eigenvalue weighted by Gasteiger charge is 2.38. The van der Waals surface area contributed by atoms with Crippen LogP contribution in [0.3, 0.4) is 0 Å². The Kier molecular flexibility index (Phi) is 4.13. The molecule has 2 aromatic carbocycles. The van der Waals surface area contributed by atoms with Crippen LogP contribution in [-0.4, -0.2) is 32.0 Å². The standard InChI is InChI=1S/C18H18FNO4S/c19-16-4-2-1-3-13(16)12-20(14-5-6-14)25(21,22)15-7-8-17-18(11-15)24-10-9-23-17/h1-4,7-8,11,14H,5-6,9-10,12H2. The zero-order valence-electron chi connectivity index (χ0n) is 13.5. The van der Waals surface area contributed by atoms with E-state index in [1.54, 1.807) is 24.3 Å². The van der Waals surface area contributed by atoms with Crippen molar-refractivity contribution in [1.82, 2.24) is 4.31 Å². The van der Waals surface area contributed by atoms with Crippen molar-refractivity contribution in [1.29, 1.82) is 0 Å². The zero-order chi connectivity index (χ0) is 17.4. The second kappa shape index (κ2) is 6.31. The fourth-order valence-corrected chi connectivity index (χ4v) is 4.57. The van der Waals surface area contributed by atoms with E-state index in [1.807, 2.05) is 0 Å². The van der Waals surface area contributed by atoms with E-state index in [1.165, 1.54) is 22.5 Å². The third-order valence-corrected chi connectivity index (χ3v) is 6.25. The number of hydrogen-bond donors (Lipinski definition) is 0. The summed E-state index contributed by atoms with van der Waals surface area (Å²) in [6.45, 7) is 0.854. The van der Waals surface area contributed by atoms with E-state index in [0.717, 1.165) is 12.8 Å². The lowest BCUT2D eigenvalue weighted by Gasteiger charge is -2.24. The van der Waals surface area contributed by atoms with Gasteiger partial charge in [-0.05, 0) is 31.0 Å². The summed E-state index contributed by atoms with van der Waals surface area (Å²) in [6.07, 6.45) is 1.58. The summed E-state index contributed by atoms with van der Waals surface area (Å²) in [4.78, 5) is 0.139. The van der Waals surface area contributed by atoms with E-state index < -0.39 is 15.8 Å². The molecule has 1 aliphatic heterocycles. The molecule has 0 aromatic heterocycles. The average Bonchev–Trinajstić information content (AvgIpc) is 3.45. The van der Waals surface area contributed by atoms with Gasteiger partial charge in [0.25, 0.3) is 0 Å². The minimum Gasteiger partial charge on any atom is -0.486 e. The highest BCUT2D eigenvalue weighted by Crippen LogP contribution is 2.37. The predicted octanol–water partition coefficient (Wildman–Crippen LogP) is 2.95. The van der Waals surface area contributed by atoms with Gasteiger partial charge in [-0.2, -0.15) is 4.31 Å². The van der Waals surface area contributed by atoms with Crippen LogP contribution in [0.25, 0.3) is 0 Å². The number of ether oxygens (including phenoxy) is 2. The summed E-state index contributed by atoms with van der Waals surface area (Å²) >= 11 is 0. The van der Waals surface area contributed by atoms with E-state index in [4.69, 9.17) is 9.47 Å². The maximum Gasteiger partial charge on any atom is 0.243 e. The van der Waals surface area contributed by atoms with Gasteiger partial charge in [-0.1, -0.05) is 18.2 Å². The summed E-state index contributed by atoms with van der Waals surface area (Å²) in [6, 6.07) is 10.8. The topological polar surface area (TPSA) is 55.8 Å². The molecule has 0 amide bonds. The number of sulfonamides is 1. The molecule has 2 aliphatic rings. The predicted molar refractivity (Wildman–Crippen MR) is 89.6 cm³/mol. The van der Waals surface area contributed by atoms with Crippen LogP contribution in [-0.2, 0) is 16.6 Å². The van der Waals surface area contributed by atoms with Gasteiger partial charge in [-0.3, -0.25) is 0 Å². The monoisotopic (exact) mass is 363 g/mol. The van der Waals surface area contributed by atoms with Crippen molar-refractivity contribution >= 4 is 10.0 Å². The Morgan fingerprint density at radius 3 is 2.48 bits per heavy atom. The third kappa shape index (κ3) is 3.21. The summed E-state index contributed by atoms with van der Waals surface area (Å²) in [5, 5.41) is 0. The number of benzene rings is 2. The average molecular weight is 363 g/mol. The van der Waals surface area contributed by atoms with Gasteiger partial charge in [-0.25, -0.2) is 12.8 Å². The van der Waals surface area contributed by atoms with Crippen molar-refractivity contribution in [3.8, 4) is 11.5 Å². The quantitative estimate of drug-likeness (QED) is 0.820. The lowest BCUT2D eigenvalue weighted by molar-refractivity contribution is 0.171. The van der Waals surface area contributed by atoms with Gasteiger partial charge in [0.2, 0.25) is 10.0 Å². The van der Waals surface area contributed by atoms with Crippen LogP contribution in [0.4, 0.5) is 4.39 Å². The molecule has 1 saturated carbocycles. The molecule has 5 nitrogen and oxygen atoms in total. The van der Waals surface area contributed by atoms with Crippen molar-refractivity contribution in [3.05, 3.63) is 53.8 Å². The van der Waals surface area contributed by atoms with E-state index in [-0.39, 0.29) is 17.5 Å². The van der Waals surface area contributed by atoms with Crippen molar-refractivity contribution < 1.29 is 22.3 Å². The molecule has 0 atom stereocenters. The Labute approximate surface area is 146 Å². The maximum atomic E-state index is 14.0. The second-order valence-electron chi connectivity index (χ2n) is 6.18. The van der Waals surface area contributed by atoms with Gasteiger partial charge in [0, 0.05) is 24.2 Å². The molecule has 0 unspecified atom stereocenters. The number of fused-ring (bicyclic) bond motifs is 1. The molecule has 25 heavy (non-hydrogen) atoms. The summed E-state index contributed by atoms with van der Waals surface area (Å²) in [5.74, 6) is 0.566. The van der Waals surface area contributed by atoms with E-state index >= 15 is 0 Å². The minimum absolute atomic E-state index is 0.0219. The molecule has 0 spiro atoms. The molecule has 7 heteroatoms. The summed E-state index contributed by atoms with van der Waals surface area (Å²) < 4.78 is 52.5. The van der Waals surface area contributed by atoms with Gasteiger partial charge in [0.15, 0.2) is 11.5 Å². The number of nitrogens with zero attached hydrogens (tertiary/aromatic N) is 1. The van der Waals surface area contributed by atoms with Gasteiger partial charge in [-0.15, -0.1) is 0 Å². The van der Waals surface area contributed by atoms with Gasteiger partial charge in [0.1, 0.15) is 19.0 Å². The van der Waals surface area contributed by atoms with Crippen LogP contribution < -0.4 is 9.47 Å².